The normalized spacial score (nSPS) is 13.4. The number of benzene rings is 2. The molecule has 1 aliphatic heterocycles. The molecule has 37 heavy (non-hydrogen) atoms. The quantitative estimate of drug-likeness (QED) is 0.317. The lowest BCUT2D eigenvalue weighted by atomic mass is 10.2. The molecule has 2 aromatic carbocycles. The van der Waals surface area contributed by atoms with Gasteiger partial charge in [-0.05, 0) is 31.2 Å². The van der Waals surface area contributed by atoms with Crippen molar-refractivity contribution in [3.8, 4) is 17.2 Å². The van der Waals surface area contributed by atoms with Crippen LogP contribution in [-0.2, 0) is 34.0 Å². The number of amides is 3. The average Bonchev–Trinajstić information content (AvgIpc) is 3.17. The summed E-state index contributed by atoms with van der Waals surface area (Å²) >= 11 is 6.13. The van der Waals surface area contributed by atoms with Crippen LogP contribution in [0.2, 0.25) is 5.02 Å². The van der Waals surface area contributed by atoms with Gasteiger partial charge in [-0.3, -0.25) is 14.4 Å². The molecule has 0 unspecified atom stereocenters. The lowest BCUT2D eigenvalue weighted by Gasteiger charge is -2.25. The Kier molecular flexibility index (Phi) is 8.61. The van der Waals surface area contributed by atoms with E-state index in [1.165, 1.54) is 44.6 Å². The Morgan fingerprint density at radius 3 is 2.14 bits per heavy atom. The van der Waals surface area contributed by atoms with Gasteiger partial charge in [0.25, 0.3) is 27.7 Å². The van der Waals surface area contributed by atoms with Crippen LogP contribution < -0.4 is 18.5 Å². The number of rotatable bonds is 10. The van der Waals surface area contributed by atoms with Gasteiger partial charge >= 0.3 is 5.97 Å². The molecule has 0 atom stereocenters. The summed E-state index contributed by atoms with van der Waals surface area (Å²) in [4.78, 5) is 53.7. The van der Waals surface area contributed by atoms with Crippen molar-refractivity contribution < 1.29 is 46.6 Å². The first-order chi connectivity index (χ1) is 17.5. The Labute approximate surface area is 217 Å². The zero-order chi connectivity index (χ0) is 27.3. The van der Waals surface area contributed by atoms with Gasteiger partial charge < -0.3 is 19.0 Å². The predicted octanol–water partition coefficient (Wildman–Crippen LogP) is 2.48. The Morgan fingerprint density at radius 1 is 1.00 bits per heavy atom. The third kappa shape index (κ3) is 5.94. The Morgan fingerprint density at radius 2 is 1.59 bits per heavy atom. The van der Waals surface area contributed by atoms with Crippen LogP contribution in [-0.4, -0.2) is 58.0 Å². The average molecular weight is 555 g/mol. The van der Waals surface area contributed by atoms with Crippen LogP contribution in [0.5, 0.6) is 17.2 Å². The van der Waals surface area contributed by atoms with E-state index in [1.807, 2.05) is 0 Å². The zero-order valence-electron chi connectivity index (χ0n) is 20.1. The van der Waals surface area contributed by atoms with Gasteiger partial charge in [-0.15, -0.1) is 5.06 Å². The Bertz CT molecular complexity index is 1310. The van der Waals surface area contributed by atoms with E-state index in [0.29, 0.717) is 16.7 Å². The van der Waals surface area contributed by atoms with Crippen LogP contribution in [0.1, 0.15) is 26.2 Å². The lowest BCUT2D eigenvalue weighted by molar-refractivity contribution is -0.197. The Balaban J connectivity index is 2.05. The fourth-order valence-corrected chi connectivity index (χ4v) is 5.02. The summed E-state index contributed by atoms with van der Waals surface area (Å²) in [7, 11) is -2.14. The van der Waals surface area contributed by atoms with Crippen molar-refractivity contribution in [2.45, 2.75) is 31.1 Å². The maximum absolute atomic E-state index is 13.7. The van der Waals surface area contributed by atoms with Crippen LogP contribution in [0.15, 0.2) is 41.3 Å². The van der Waals surface area contributed by atoms with E-state index in [9.17, 15) is 27.6 Å². The standard InChI is InChI=1S/C23H23ClN2O10S/c1-4-35-14-5-7-15(8-6-14)37(31,32)26(17-12-18(33-2)16(24)11-19(17)34-3)22(29)13-23(30)36-25-20(27)9-10-21(25)28/h5-8,11-12H,4,9-10,13H2,1-3H3. The van der Waals surface area contributed by atoms with E-state index in [1.54, 1.807) is 6.92 Å². The van der Waals surface area contributed by atoms with Crippen LogP contribution in [0, 0.1) is 0 Å². The molecule has 0 aliphatic carbocycles. The van der Waals surface area contributed by atoms with E-state index in [0.717, 1.165) is 6.07 Å². The van der Waals surface area contributed by atoms with Crippen molar-refractivity contribution >= 4 is 51.0 Å². The number of imide groups is 1. The minimum atomic E-state index is -4.66. The summed E-state index contributed by atoms with van der Waals surface area (Å²) in [5.74, 6) is -3.79. The molecule has 0 N–H and O–H groups in total. The fraction of sp³-hybridized carbons (Fsp3) is 0.304. The third-order valence-electron chi connectivity index (χ3n) is 5.07. The number of halogens is 1. The topological polar surface area (TPSA) is 146 Å². The summed E-state index contributed by atoms with van der Waals surface area (Å²) < 4.78 is 43.5. The number of hydrogen-bond acceptors (Lipinski definition) is 10. The number of carbonyl (C=O) groups excluding carboxylic acids is 4. The number of ether oxygens (including phenoxy) is 3. The van der Waals surface area contributed by atoms with Gasteiger partial charge in [0, 0.05) is 25.0 Å². The van der Waals surface area contributed by atoms with Gasteiger partial charge in [-0.25, -0.2) is 13.2 Å². The number of hydrogen-bond donors (Lipinski definition) is 0. The number of hydroxylamine groups is 2. The monoisotopic (exact) mass is 554 g/mol. The molecule has 198 valence electrons. The molecule has 2 aromatic rings. The first kappa shape index (κ1) is 27.7. The van der Waals surface area contributed by atoms with Crippen molar-refractivity contribution in [1.29, 1.82) is 0 Å². The molecule has 1 saturated heterocycles. The van der Waals surface area contributed by atoms with Crippen LogP contribution in [0.4, 0.5) is 5.69 Å². The van der Waals surface area contributed by atoms with Gasteiger partial charge in [0.2, 0.25) is 0 Å². The maximum Gasteiger partial charge on any atom is 0.342 e. The molecular formula is C23H23ClN2O10S. The third-order valence-corrected chi connectivity index (χ3v) is 7.11. The van der Waals surface area contributed by atoms with Crippen LogP contribution in [0.25, 0.3) is 0 Å². The highest BCUT2D eigenvalue weighted by Gasteiger charge is 2.38. The second-order valence-corrected chi connectivity index (χ2v) is 9.64. The van der Waals surface area contributed by atoms with Crippen LogP contribution in [0.3, 0.4) is 0 Å². The molecule has 0 bridgehead atoms. The highest BCUT2D eigenvalue weighted by molar-refractivity contribution is 7.93. The summed E-state index contributed by atoms with van der Waals surface area (Å²) in [5.41, 5.74) is -0.302. The molecule has 0 radical (unpaired) electrons. The molecule has 1 fully saturated rings. The van der Waals surface area contributed by atoms with Gasteiger partial charge in [0.1, 0.15) is 29.4 Å². The zero-order valence-corrected chi connectivity index (χ0v) is 21.6. The molecular weight excluding hydrogens is 532 g/mol. The van der Waals surface area contributed by atoms with Gasteiger partial charge in [-0.1, -0.05) is 11.6 Å². The van der Waals surface area contributed by atoms with Gasteiger partial charge in [-0.2, -0.15) is 4.31 Å². The number of methoxy groups -OCH3 is 2. The molecule has 1 heterocycles. The summed E-state index contributed by atoms with van der Waals surface area (Å²) in [6.07, 6.45) is -1.44. The molecule has 0 spiro atoms. The van der Waals surface area contributed by atoms with E-state index in [-0.39, 0.29) is 45.0 Å². The highest BCUT2D eigenvalue weighted by Crippen LogP contribution is 2.40. The minimum absolute atomic E-state index is 0.0213. The highest BCUT2D eigenvalue weighted by atomic mass is 35.5. The van der Waals surface area contributed by atoms with E-state index >= 15 is 0 Å². The molecule has 14 heteroatoms. The summed E-state index contributed by atoms with van der Waals surface area (Å²) in [6, 6.07) is 7.64. The summed E-state index contributed by atoms with van der Waals surface area (Å²) in [6.45, 7) is 2.11. The van der Waals surface area contributed by atoms with Crippen molar-refractivity contribution in [3.05, 3.63) is 41.4 Å². The molecule has 0 aromatic heterocycles. The smallest absolute Gasteiger partial charge is 0.342 e. The fourth-order valence-electron chi connectivity index (χ4n) is 3.37. The minimum Gasteiger partial charge on any atom is -0.495 e. The number of carbonyl (C=O) groups is 4. The molecule has 0 saturated carbocycles. The first-order valence-corrected chi connectivity index (χ1v) is 12.6. The number of nitrogens with zero attached hydrogens (tertiary/aromatic N) is 2. The Hall–Kier alpha value is -3.84. The van der Waals surface area contributed by atoms with Gasteiger partial charge in [0.05, 0.1) is 30.7 Å². The molecule has 3 amide bonds. The van der Waals surface area contributed by atoms with Crippen molar-refractivity contribution in [1.82, 2.24) is 5.06 Å². The van der Waals surface area contributed by atoms with Crippen molar-refractivity contribution in [2.24, 2.45) is 0 Å². The number of sulfonamides is 1. The van der Waals surface area contributed by atoms with Crippen molar-refractivity contribution in [2.75, 3.05) is 25.1 Å². The second-order valence-electron chi connectivity index (χ2n) is 7.45. The SMILES string of the molecule is CCOc1ccc(S(=O)(=O)N(C(=O)CC(=O)ON2C(=O)CCC2=O)c2cc(OC)c(Cl)cc2OC)cc1. The van der Waals surface area contributed by atoms with E-state index < -0.39 is 40.1 Å². The van der Waals surface area contributed by atoms with Crippen LogP contribution >= 0.6 is 11.6 Å². The van der Waals surface area contributed by atoms with Crippen molar-refractivity contribution in [3.63, 3.8) is 0 Å². The predicted molar refractivity (Wildman–Crippen MR) is 129 cm³/mol. The largest absolute Gasteiger partial charge is 0.495 e. The maximum atomic E-state index is 13.7. The van der Waals surface area contributed by atoms with E-state index in [2.05, 4.69) is 0 Å². The molecule has 1 aliphatic rings. The van der Waals surface area contributed by atoms with Gasteiger partial charge in [0.15, 0.2) is 0 Å². The first-order valence-electron chi connectivity index (χ1n) is 10.8. The lowest BCUT2D eigenvalue weighted by Crippen LogP contribution is -2.40. The second kappa shape index (κ2) is 11.5. The van der Waals surface area contributed by atoms with E-state index in [4.69, 9.17) is 30.6 Å². The summed E-state index contributed by atoms with van der Waals surface area (Å²) in [5, 5.41) is 0.326. The number of anilines is 1. The molecule has 12 nitrogen and oxygen atoms in total. The molecule has 3 rings (SSSR count).